The number of aliphatic hydroxyl groups is 1. The van der Waals surface area contributed by atoms with Gasteiger partial charge in [-0.3, -0.25) is 4.90 Å². The molecule has 1 aliphatic heterocycles. The van der Waals surface area contributed by atoms with Crippen molar-refractivity contribution in [2.24, 2.45) is 0 Å². The molecule has 110 valence electrons. The number of benzene rings is 1. The van der Waals surface area contributed by atoms with Gasteiger partial charge in [-0.1, -0.05) is 12.1 Å². The predicted octanol–water partition coefficient (Wildman–Crippen LogP) is 0.342. The molecule has 1 aromatic rings. The Balaban J connectivity index is 1.88. The molecule has 6 nitrogen and oxygen atoms in total. The van der Waals surface area contributed by atoms with Gasteiger partial charge in [0.25, 0.3) is 0 Å². The first-order valence-corrected chi connectivity index (χ1v) is 6.46. The molecular formula is C14H19NO5. The van der Waals surface area contributed by atoms with Crippen molar-refractivity contribution in [1.29, 1.82) is 0 Å². The van der Waals surface area contributed by atoms with E-state index in [1.54, 1.807) is 12.1 Å². The van der Waals surface area contributed by atoms with E-state index in [0.29, 0.717) is 25.5 Å². The van der Waals surface area contributed by atoms with Gasteiger partial charge in [0.2, 0.25) is 0 Å². The molecular weight excluding hydrogens is 262 g/mol. The summed E-state index contributed by atoms with van der Waals surface area (Å²) in [6.07, 6.45) is -0.446. The molecule has 0 aliphatic carbocycles. The number of ether oxygens (including phenoxy) is 2. The maximum Gasteiger partial charge on any atom is 0.341 e. The summed E-state index contributed by atoms with van der Waals surface area (Å²) in [6, 6.07) is 7.27. The van der Waals surface area contributed by atoms with E-state index in [2.05, 4.69) is 0 Å². The molecule has 2 N–H and O–H groups in total. The number of likely N-dealkylation sites (N-methyl/N-ethyl adjacent to an activating group) is 1. The lowest BCUT2D eigenvalue weighted by atomic mass is 10.1. The smallest absolute Gasteiger partial charge is 0.341 e. The van der Waals surface area contributed by atoms with E-state index in [9.17, 15) is 9.90 Å². The minimum absolute atomic E-state index is 0.0120. The van der Waals surface area contributed by atoms with Gasteiger partial charge >= 0.3 is 5.97 Å². The van der Waals surface area contributed by atoms with Crippen molar-refractivity contribution >= 4 is 5.97 Å². The van der Waals surface area contributed by atoms with Gasteiger partial charge in [0.15, 0.2) is 6.61 Å². The quantitative estimate of drug-likeness (QED) is 0.783. The van der Waals surface area contributed by atoms with E-state index >= 15 is 0 Å². The molecule has 20 heavy (non-hydrogen) atoms. The summed E-state index contributed by atoms with van der Waals surface area (Å²) in [5.41, 5.74) is 1.06. The van der Waals surface area contributed by atoms with Crippen LogP contribution in [0.2, 0.25) is 0 Å². The van der Waals surface area contributed by atoms with Crippen LogP contribution in [0.25, 0.3) is 0 Å². The Morgan fingerprint density at radius 1 is 1.40 bits per heavy atom. The Kier molecular flexibility index (Phi) is 4.94. The maximum absolute atomic E-state index is 10.4. The van der Waals surface area contributed by atoms with Crippen LogP contribution in [-0.2, 0) is 16.1 Å². The SMILES string of the molecule is CN(Cc1ccc(OCC(=O)O)cc1)[C@@H]1COC[C@H]1O. The molecule has 2 atom stereocenters. The van der Waals surface area contributed by atoms with Crippen molar-refractivity contribution in [1.82, 2.24) is 4.90 Å². The maximum atomic E-state index is 10.4. The van der Waals surface area contributed by atoms with Crippen LogP contribution in [0.15, 0.2) is 24.3 Å². The van der Waals surface area contributed by atoms with Crippen molar-refractivity contribution in [2.45, 2.75) is 18.7 Å². The summed E-state index contributed by atoms with van der Waals surface area (Å²) < 4.78 is 10.3. The van der Waals surface area contributed by atoms with Crippen LogP contribution in [0.5, 0.6) is 5.75 Å². The van der Waals surface area contributed by atoms with Crippen LogP contribution < -0.4 is 4.74 Å². The third kappa shape index (κ3) is 3.93. The van der Waals surface area contributed by atoms with Gasteiger partial charge in [-0.15, -0.1) is 0 Å². The Labute approximate surface area is 117 Å². The molecule has 1 aliphatic rings. The lowest BCUT2D eigenvalue weighted by molar-refractivity contribution is -0.139. The van der Waals surface area contributed by atoms with E-state index in [1.165, 1.54) is 0 Å². The minimum Gasteiger partial charge on any atom is -0.482 e. The number of carboxylic acids is 1. The van der Waals surface area contributed by atoms with Gasteiger partial charge in [-0.25, -0.2) is 4.79 Å². The molecule has 1 saturated heterocycles. The average Bonchev–Trinajstić information content (AvgIpc) is 2.84. The van der Waals surface area contributed by atoms with Gasteiger partial charge in [0.05, 0.1) is 25.4 Å². The fraction of sp³-hybridized carbons (Fsp3) is 0.500. The Hall–Kier alpha value is -1.63. The Bertz CT molecular complexity index is 447. The lowest BCUT2D eigenvalue weighted by Crippen LogP contribution is -2.39. The standard InChI is InChI=1S/C14H19NO5/c1-15(12-7-19-8-13(12)16)6-10-2-4-11(5-3-10)20-9-14(17)18/h2-5,12-13,16H,6-9H2,1H3,(H,17,18)/t12-,13-/m1/s1. The van der Waals surface area contributed by atoms with E-state index in [4.69, 9.17) is 14.6 Å². The Morgan fingerprint density at radius 2 is 2.10 bits per heavy atom. The van der Waals surface area contributed by atoms with Crippen molar-refractivity contribution in [2.75, 3.05) is 26.9 Å². The fourth-order valence-electron chi connectivity index (χ4n) is 2.19. The number of aliphatic hydroxyl groups excluding tert-OH is 1. The zero-order chi connectivity index (χ0) is 14.5. The first kappa shape index (κ1) is 14.8. The van der Waals surface area contributed by atoms with Crippen LogP contribution >= 0.6 is 0 Å². The van der Waals surface area contributed by atoms with Gasteiger partial charge in [0, 0.05) is 6.54 Å². The first-order valence-electron chi connectivity index (χ1n) is 6.46. The highest BCUT2D eigenvalue weighted by Crippen LogP contribution is 2.17. The summed E-state index contributed by atoms with van der Waals surface area (Å²) in [5.74, 6) is -0.466. The number of rotatable bonds is 6. The summed E-state index contributed by atoms with van der Waals surface area (Å²) in [6.45, 7) is 1.27. The molecule has 0 spiro atoms. The minimum atomic E-state index is -0.996. The molecule has 0 unspecified atom stereocenters. The monoisotopic (exact) mass is 281 g/mol. The fourth-order valence-corrected chi connectivity index (χ4v) is 2.19. The third-order valence-corrected chi connectivity index (χ3v) is 3.31. The van der Waals surface area contributed by atoms with E-state index in [0.717, 1.165) is 5.56 Å². The van der Waals surface area contributed by atoms with Crippen LogP contribution in [-0.4, -0.2) is 60.1 Å². The van der Waals surface area contributed by atoms with Gasteiger partial charge < -0.3 is 19.7 Å². The van der Waals surface area contributed by atoms with Crippen LogP contribution in [0.3, 0.4) is 0 Å². The molecule has 0 saturated carbocycles. The molecule has 0 aromatic heterocycles. The van der Waals surface area contributed by atoms with Crippen molar-refractivity contribution < 1.29 is 24.5 Å². The number of hydrogen-bond donors (Lipinski definition) is 2. The Morgan fingerprint density at radius 3 is 2.65 bits per heavy atom. The first-order chi connectivity index (χ1) is 9.56. The summed E-state index contributed by atoms with van der Waals surface area (Å²) >= 11 is 0. The van der Waals surface area contributed by atoms with Crippen molar-refractivity contribution in [3.8, 4) is 5.75 Å². The van der Waals surface area contributed by atoms with Crippen molar-refractivity contribution in [3.63, 3.8) is 0 Å². The van der Waals surface area contributed by atoms with Crippen LogP contribution in [0.1, 0.15) is 5.56 Å². The zero-order valence-corrected chi connectivity index (χ0v) is 11.4. The summed E-state index contributed by atoms with van der Waals surface area (Å²) in [5, 5.41) is 18.3. The second kappa shape index (κ2) is 6.69. The number of nitrogens with zero attached hydrogens (tertiary/aromatic N) is 1. The lowest BCUT2D eigenvalue weighted by Gasteiger charge is -2.25. The molecule has 0 amide bonds. The number of hydrogen-bond acceptors (Lipinski definition) is 5. The molecule has 0 radical (unpaired) electrons. The van der Waals surface area contributed by atoms with Crippen LogP contribution in [0, 0.1) is 0 Å². The van der Waals surface area contributed by atoms with Gasteiger partial charge in [0.1, 0.15) is 5.75 Å². The molecule has 6 heteroatoms. The molecule has 1 aromatic carbocycles. The second-order valence-corrected chi connectivity index (χ2v) is 4.91. The summed E-state index contributed by atoms with van der Waals surface area (Å²) in [7, 11) is 1.94. The van der Waals surface area contributed by atoms with Gasteiger partial charge in [-0.05, 0) is 24.7 Å². The zero-order valence-electron chi connectivity index (χ0n) is 11.4. The molecule has 1 heterocycles. The highest BCUT2D eigenvalue weighted by molar-refractivity contribution is 5.68. The third-order valence-electron chi connectivity index (χ3n) is 3.31. The topological polar surface area (TPSA) is 79.2 Å². The number of carboxylic acid groups (broad SMARTS) is 1. The van der Waals surface area contributed by atoms with E-state index in [-0.39, 0.29) is 12.6 Å². The second-order valence-electron chi connectivity index (χ2n) is 4.91. The average molecular weight is 281 g/mol. The number of aliphatic carboxylic acids is 1. The van der Waals surface area contributed by atoms with Crippen LogP contribution in [0.4, 0.5) is 0 Å². The molecule has 1 fully saturated rings. The number of carbonyl (C=O) groups is 1. The highest BCUT2D eigenvalue weighted by atomic mass is 16.5. The highest BCUT2D eigenvalue weighted by Gasteiger charge is 2.29. The van der Waals surface area contributed by atoms with Crippen molar-refractivity contribution in [3.05, 3.63) is 29.8 Å². The van der Waals surface area contributed by atoms with Gasteiger partial charge in [-0.2, -0.15) is 0 Å². The largest absolute Gasteiger partial charge is 0.482 e. The summed E-state index contributed by atoms with van der Waals surface area (Å²) in [4.78, 5) is 12.4. The predicted molar refractivity (Wildman–Crippen MR) is 71.7 cm³/mol. The normalized spacial score (nSPS) is 22.1. The molecule has 2 rings (SSSR count). The van der Waals surface area contributed by atoms with E-state index in [1.807, 2.05) is 24.1 Å². The molecule has 0 bridgehead atoms. The van der Waals surface area contributed by atoms with E-state index < -0.39 is 12.1 Å².